The maximum atomic E-state index is 12.5. The van der Waals surface area contributed by atoms with Gasteiger partial charge in [0.05, 0.1) is 0 Å². The molecule has 0 saturated carbocycles. The number of nitrogens with one attached hydrogen (secondary N) is 2. The van der Waals surface area contributed by atoms with Crippen LogP contribution in [0.5, 0.6) is 0 Å². The summed E-state index contributed by atoms with van der Waals surface area (Å²) in [5.41, 5.74) is 1.11. The Kier molecular flexibility index (Phi) is 4.95. The molecule has 1 rings (SSSR count). The van der Waals surface area contributed by atoms with Gasteiger partial charge in [-0.05, 0) is 19.1 Å². The molecule has 0 aliphatic carbocycles. The van der Waals surface area contributed by atoms with Crippen molar-refractivity contribution in [3.05, 3.63) is 35.4 Å². The van der Waals surface area contributed by atoms with Crippen molar-refractivity contribution in [2.24, 2.45) is 0 Å². The van der Waals surface area contributed by atoms with Gasteiger partial charge < -0.3 is 15.7 Å². The molecular formula is C12H13F3N2O3. The van der Waals surface area contributed by atoms with E-state index in [1.54, 1.807) is 19.1 Å². The van der Waals surface area contributed by atoms with Crippen LogP contribution in [0.2, 0.25) is 0 Å². The van der Waals surface area contributed by atoms with Gasteiger partial charge >= 0.3 is 12.3 Å². The van der Waals surface area contributed by atoms with Gasteiger partial charge in [0.2, 0.25) is 0 Å². The largest absolute Gasteiger partial charge is 0.465 e. The third-order valence-electron chi connectivity index (χ3n) is 2.47. The number of aryl methyl sites for hydroxylation is 1. The van der Waals surface area contributed by atoms with E-state index < -0.39 is 30.8 Å². The maximum Gasteiger partial charge on any atom is 0.410 e. The number of benzene rings is 1. The molecule has 1 aromatic carbocycles. The van der Waals surface area contributed by atoms with Gasteiger partial charge in [0, 0.05) is 12.1 Å². The van der Waals surface area contributed by atoms with Gasteiger partial charge in [-0.1, -0.05) is 17.7 Å². The number of rotatable bonds is 4. The van der Waals surface area contributed by atoms with Crippen molar-refractivity contribution in [3.8, 4) is 0 Å². The molecule has 0 heterocycles. The van der Waals surface area contributed by atoms with Crippen LogP contribution in [-0.2, 0) is 0 Å². The first kappa shape index (κ1) is 15.8. The number of hydrogen-bond donors (Lipinski definition) is 3. The number of carbonyl (C=O) groups is 2. The van der Waals surface area contributed by atoms with Crippen LogP contribution >= 0.6 is 0 Å². The molecule has 0 unspecified atom stereocenters. The van der Waals surface area contributed by atoms with E-state index in [2.05, 4.69) is 0 Å². The molecule has 0 aromatic heterocycles. The molecule has 5 nitrogen and oxygen atoms in total. The molecule has 0 spiro atoms. The highest BCUT2D eigenvalue weighted by Crippen LogP contribution is 2.19. The Morgan fingerprint density at radius 2 is 1.80 bits per heavy atom. The van der Waals surface area contributed by atoms with Crippen LogP contribution < -0.4 is 10.6 Å². The van der Waals surface area contributed by atoms with Crippen molar-refractivity contribution < 1.29 is 27.9 Å². The number of alkyl halides is 3. The molecule has 0 fully saturated rings. The van der Waals surface area contributed by atoms with E-state index in [9.17, 15) is 22.8 Å². The normalized spacial score (nSPS) is 12.6. The second-order valence-corrected chi connectivity index (χ2v) is 4.12. The van der Waals surface area contributed by atoms with Crippen molar-refractivity contribution in [1.29, 1.82) is 0 Å². The second-order valence-electron chi connectivity index (χ2n) is 4.12. The lowest BCUT2D eigenvalue weighted by molar-refractivity contribution is -0.152. The first-order valence-corrected chi connectivity index (χ1v) is 5.61. The van der Waals surface area contributed by atoms with E-state index in [-0.39, 0.29) is 5.56 Å². The van der Waals surface area contributed by atoms with Crippen molar-refractivity contribution in [2.75, 3.05) is 6.54 Å². The van der Waals surface area contributed by atoms with E-state index in [1.807, 2.05) is 5.32 Å². The van der Waals surface area contributed by atoms with E-state index in [0.717, 1.165) is 5.56 Å². The zero-order chi connectivity index (χ0) is 15.3. The van der Waals surface area contributed by atoms with Gasteiger partial charge in [0.1, 0.15) is 6.04 Å². The Labute approximate surface area is 112 Å². The third kappa shape index (κ3) is 4.79. The monoisotopic (exact) mass is 290 g/mol. The zero-order valence-electron chi connectivity index (χ0n) is 10.5. The number of carboxylic acid groups (broad SMARTS) is 1. The molecule has 3 N–H and O–H groups in total. The summed E-state index contributed by atoms with van der Waals surface area (Å²) in [6.07, 6.45) is -6.59. The SMILES string of the molecule is Cc1ccc(C(=O)NC[C@H](NC(=O)O)C(F)(F)F)cc1. The fraction of sp³-hybridized carbons (Fsp3) is 0.333. The Morgan fingerprint density at radius 3 is 2.25 bits per heavy atom. The highest BCUT2D eigenvalue weighted by molar-refractivity contribution is 5.94. The Balaban J connectivity index is 2.65. The lowest BCUT2D eigenvalue weighted by Crippen LogP contribution is -2.51. The molecular weight excluding hydrogens is 277 g/mol. The molecule has 2 amide bonds. The Morgan fingerprint density at radius 1 is 1.25 bits per heavy atom. The smallest absolute Gasteiger partial charge is 0.410 e. The third-order valence-corrected chi connectivity index (χ3v) is 2.47. The van der Waals surface area contributed by atoms with Crippen molar-refractivity contribution in [1.82, 2.24) is 10.6 Å². The van der Waals surface area contributed by atoms with Crippen LogP contribution in [0.3, 0.4) is 0 Å². The fourth-order valence-electron chi connectivity index (χ4n) is 1.40. The van der Waals surface area contributed by atoms with E-state index in [4.69, 9.17) is 5.11 Å². The molecule has 1 aromatic rings. The second kappa shape index (κ2) is 6.27. The van der Waals surface area contributed by atoms with Crippen LogP contribution in [0.15, 0.2) is 24.3 Å². The maximum absolute atomic E-state index is 12.5. The van der Waals surface area contributed by atoms with E-state index >= 15 is 0 Å². The highest BCUT2D eigenvalue weighted by atomic mass is 19.4. The van der Waals surface area contributed by atoms with Crippen molar-refractivity contribution in [3.63, 3.8) is 0 Å². The number of amides is 2. The highest BCUT2D eigenvalue weighted by Gasteiger charge is 2.40. The average molecular weight is 290 g/mol. The summed E-state index contributed by atoms with van der Waals surface area (Å²) in [7, 11) is 0. The van der Waals surface area contributed by atoms with Gasteiger partial charge in [0.15, 0.2) is 0 Å². The fourth-order valence-corrected chi connectivity index (χ4v) is 1.40. The molecule has 110 valence electrons. The summed E-state index contributed by atoms with van der Waals surface area (Å²) in [6, 6.07) is 3.88. The van der Waals surface area contributed by atoms with Crippen LogP contribution in [0.1, 0.15) is 15.9 Å². The van der Waals surface area contributed by atoms with Crippen LogP contribution in [0.4, 0.5) is 18.0 Å². The molecule has 20 heavy (non-hydrogen) atoms. The minimum absolute atomic E-state index is 0.201. The van der Waals surface area contributed by atoms with Gasteiger partial charge in [-0.15, -0.1) is 0 Å². The number of halogens is 3. The lowest BCUT2D eigenvalue weighted by atomic mass is 10.1. The standard InChI is InChI=1S/C12H13F3N2O3/c1-7-2-4-8(5-3-7)10(18)16-6-9(12(13,14)15)17-11(19)20/h2-5,9,17H,6H2,1H3,(H,16,18)(H,19,20)/t9-/m0/s1. The lowest BCUT2D eigenvalue weighted by Gasteiger charge is -2.20. The quantitative estimate of drug-likeness (QED) is 0.792. The summed E-state index contributed by atoms with van der Waals surface area (Å²) in [4.78, 5) is 21.9. The van der Waals surface area contributed by atoms with Gasteiger partial charge in [-0.25, -0.2) is 4.79 Å². The minimum atomic E-state index is -4.78. The molecule has 0 aliphatic heterocycles. The van der Waals surface area contributed by atoms with Gasteiger partial charge in [-0.3, -0.25) is 4.79 Å². The van der Waals surface area contributed by atoms with Crippen LogP contribution in [0.25, 0.3) is 0 Å². The molecule has 0 radical (unpaired) electrons. The molecule has 0 saturated heterocycles. The van der Waals surface area contributed by atoms with Gasteiger partial charge in [-0.2, -0.15) is 13.2 Å². The van der Waals surface area contributed by atoms with Crippen molar-refractivity contribution >= 4 is 12.0 Å². The summed E-state index contributed by atoms with van der Waals surface area (Å²) < 4.78 is 37.5. The Hall–Kier alpha value is -2.25. The van der Waals surface area contributed by atoms with Gasteiger partial charge in [0.25, 0.3) is 5.91 Å². The number of hydrogen-bond acceptors (Lipinski definition) is 2. The van der Waals surface area contributed by atoms with Crippen LogP contribution in [-0.4, -0.2) is 35.9 Å². The Bertz CT molecular complexity index is 486. The average Bonchev–Trinajstić information content (AvgIpc) is 2.33. The van der Waals surface area contributed by atoms with E-state index in [1.165, 1.54) is 17.4 Å². The topological polar surface area (TPSA) is 78.4 Å². The minimum Gasteiger partial charge on any atom is -0.465 e. The molecule has 0 aliphatic rings. The molecule has 8 heteroatoms. The van der Waals surface area contributed by atoms with Crippen LogP contribution in [0, 0.1) is 6.92 Å². The predicted molar refractivity (Wildman–Crippen MR) is 64.5 cm³/mol. The predicted octanol–water partition coefficient (Wildman–Crippen LogP) is 1.92. The summed E-state index contributed by atoms with van der Waals surface area (Å²) in [5, 5.41) is 11.7. The first-order valence-electron chi connectivity index (χ1n) is 5.61. The summed E-state index contributed by atoms with van der Waals surface area (Å²) in [6.45, 7) is 0.931. The number of carbonyl (C=O) groups excluding carboxylic acids is 1. The summed E-state index contributed by atoms with van der Waals surface area (Å²) in [5.74, 6) is -0.702. The van der Waals surface area contributed by atoms with Crippen molar-refractivity contribution in [2.45, 2.75) is 19.1 Å². The van der Waals surface area contributed by atoms with E-state index in [0.29, 0.717) is 0 Å². The molecule has 0 bridgehead atoms. The molecule has 1 atom stereocenters. The summed E-state index contributed by atoms with van der Waals surface area (Å²) >= 11 is 0. The zero-order valence-corrected chi connectivity index (χ0v) is 10.5. The first-order chi connectivity index (χ1) is 9.20.